The number of carbonyl (C=O) groups is 1. The zero-order valence-electron chi connectivity index (χ0n) is 15.2. The Morgan fingerprint density at radius 2 is 1.89 bits per heavy atom. The predicted octanol–water partition coefficient (Wildman–Crippen LogP) is 2.47. The van der Waals surface area contributed by atoms with E-state index in [-0.39, 0.29) is 18.4 Å². The van der Waals surface area contributed by atoms with Crippen LogP contribution in [0.1, 0.15) is 11.1 Å². The van der Waals surface area contributed by atoms with Gasteiger partial charge in [0, 0.05) is 45.8 Å². The normalized spacial score (nSPS) is 10.5. The summed E-state index contributed by atoms with van der Waals surface area (Å²) < 4.78 is 15.6. The average molecular weight is 368 g/mol. The molecule has 2 aromatic heterocycles. The number of hydrogen-bond donors (Lipinski definition) is 2. The molecule has 140 valence electrons. The van der Waals surface area contributed by atoms with Crippen LogP contribution in [-0.4, -0.2) is 34.9 Å². The fourth-order valence-electron chi connectivity index (χ4n) is 2.51. The first-order chi connectivity index (χ1) is 13.0. The van der Waals surface area contributed by atoms with Crippen molar-refractivity contribution in [2.75, 3.05) is 19.0 Å². The van der Waals surface area contributed by atoms with Crippen LogP contribution >= 0.6 is 0 Å². The summed E-state index contributed by atoms with van der Waals surface area (Å²) in [4.78, 5) is 18.0. The number of halogens is 1. The van der Waals surface area contributed by atoms with E-state index in [0.29, 0.717) is 23.6 Å². The Morgan fingerprint density at radius 3 is 2.48 bits per heavy atom. The highest BCUT2D eigenvalue weighted by molar-refractivity contribution is 5.73. The van der Waals surface area contributed by atoms with E-state index in [1.165, 1.54) is 6.07 Å². The van der Waals surface area contributed by atoms with Gasteiger partial charge in [-0.3, -0.25) is 0 Å². The maximum absolute atomic E-state index is 13.9. The van der Waals surface area contributed by atoms with Gasteiger partial charge in [-0.1, -0.05) is 12.1 Å². The van der Waals surface area contributed by atoms with Crippen molar-refractivity contribution < 1.29 is 9.18 Å². The molecule has 2 N–H and O–H groups in total. The lowest BCUT2D eigenvalue weighted by Crippen LogP contribution is -2.34. The van der Waals surface area contributed by atoms with Gasteiger partial charge in [-0.05, 0) is 35.4 Å². The number of pyridine rings is 1. The number of urea groups is 1. The highest BCUT2D eigenvalue weighted by Crippen LogP contribution is 2.18. The minimum Gasteiger partial charge on any atom is -0.375 e. The highest BCUT2D eigenvalue weighted by atomic mass is 19.1. The van der Waals surface area contributed by atoms with Crippen LogP contribution < -0.4 is 15.5 Å². The molecule has 0 bridgehead atoms. The van der Waals surface area contributed by atoms with Gasteiger partial charge in [-0.15, -0.1) is 0 Å². The number of benzene rings is 1. The van der Waals surface area contributed by atoms with Gasteiger partial charge in [-0.2, -0.15) is 5.10 Å². The lowest BCUT2D eigenvalue weighted by molar-refractivity contribution is 0.240. The quantitative estimate of drug-likeness (QED) is 0.701. The van der Waals surface area contributed by atoms with Crippen molar-refractivity contribution in [2.45, 2.75) is 13.1 Å². The van der Waals surface area contributed by atoms with Gasteiger partial charge in [0.05, 0.1) is 5.69 Å². The van der Waals surface area contributed by atoms with E-state index in [1.54, 1.807) is 48.2 Å². The fourth-order valence-corrected chi connectivity index (χ4v) is 2.51. The third-order valence-corrected chi connectivity index (χ3v) is 3.95. The Morgan fingerprint density at radius 1 is 1.15 bits per heavy atom. The summed E-state index contributed by atoms with van der Waals surface area (Å²) in [5.74, 6) is 0.388. The summed E-state index contributed by atoms with van der Waals surface area (Å²) in [6, 6.07) is 10.1. The minimum absolute atomic E-state index is 0.243. The van der Waals surface area contributed by atoms with E-state index in [4.69, 9.17) is 0 Å². The van der Waals surface area contributed by atoms with Crippen molar-refractivity contribution in [1.29, 1.82) is 0 Å². The van der Waals surface area contributed by atoms with Crippen LogP contribution in [0.4, 0.5) is 14.9 Å². The van der Waals surface area contributed by atoms with Crippen molar-refractivity contribution in [1.82, 2.24) is 25.4 Å². The number of rotatable bonds is 6. The molecule has 1 aromatic carbocycles. The van der Waals surface area contributed by atoms with Crippen molar-refractivity contribution in [3.05, 3.63) is 71.9 Å². The third-order valence-electron chi connectivity index (χ3n) is 3.95. The molecule has 3 aromatic rings. The second kappa shape index (κ2) is 8.31. The van der Waals surface area contributed by atoms with Gasteiger partial charge in [0.1, 0.15) is 5.82 Å². The molecular weight excluding hydrogens is 347 g/mol. The number of nitrogens with zero attached hydrogens (tertiary/aromatic N) is 4. The second-order valence-electron chi connectivity index (χ2n) is 6.19. The Kier molecular flexibility index (Phi) is 5.65. The van der Waals surface area contributed by atoms with Crippen LogP contribution in [0.2, 0.25) is 0 Å². The zero-order valence-corrected chi connectivity index (χ0v) is 15.2. The van der Waals surface area contributed by atoms with Crippen LogP contribution in [0.5, 0.6) is 0 Å². The number of amides is 2. The van der Waals surface area contributed by atoms with Crippen LogP contribution in [-0.2, 0) is 13.1 Å². The lowest BCUT2D eigenvalue weighted by atomic mass is 10.2. The molecule has 7 nitrogen and oxygen atoms in total. The highest BCUT2D eigenvalue weighted by Gasteiger charge is 2.07. The standard InChI is InChI=1S/C19H21FN6O/c1-25(2)17-6-4-14(10-16(17)20)11-22-19(27)23-13-15-5-7-18(21-12-15)26-9-3-8-24-26/h3-10,12H,11,13H2,1-2H3,(H2,22,23,27). The van der Waals surface area contributed by atoms with Gasteiger partial charge >= 0.3 is 6.03 Å². The molecule has 27 heavy (non-hydrogen) atoms. The average Bonchev–Trinajstić information content (AvgIpc) is 3.19. The third kappa shape index (κ3) is 4.81. The Bertz CT molecular complexity index is 893. The maximum atomic E-state index is 13.9. The van der Waals surface area contributed by atoms with E-state index in [0.717, 1.165) is 5.56 Å². The van der Waals surface area contributed by atoms with E-state index in [1.807, 2.05) is 24.4 Å². The summed E-state index contributed by atoms with van der Waals surface area (Å²) in [5, 5.41) is 9.58. The molecule has 0 aliphatic carbocycles. The summed E-state index contributed by atoms with van der Waals surface area (Å²) in [6.45, 7) is 0.582. The predicted molar refractivity (Wildman–Crippen MR) is 101 cm³/mol. The number of anilines is 1. The van der Waals surface area contributed by atoms with Crippen LogP contribution in [0.3, 0.4) is 0 Å². The first-order valence-electron chi connectivity index (χ1n) is 8.45. The minimum atomic E-state index is -0.330. The van der Waals surface area contributed by atoms with E-state index >= 15 is 0 Å². The molecule has 0 spiro atoms. The van der Waals surface area contributed by atoms with Crippen molar-refractivity contribution in [3.63, 3.8) is 0 Å². The van der Waals surface area contributed by atoms with Gasteiger partial charge < -0.3 is 15.5 Å². The Labute approximate surface area is 156 Å². The van der Waals surface area contributed by atoms with Gasteiger partial charge in [-0.25, -0.2) is 18.9 Å². The van der Waals surface area contributed by atoms with Gasteiger partial charge in [0.2, 0.25) is 0 Å². The van der Waals surface area contributed by atoms with Crippen molar-refractivity contribution in [2.24, 2.45) is 0 Å². The number of aromatic nitrogens is 3. The molecule has 0 radical (unpaired) electrons. The maximum Gasteiger partial charge on any atom is 0.315 e. The summed E-state index contributed by atoms with van der Waals surface area (Å²) >= 11 is 0. The second-order valence-corrected chi connectivity index (χ2v) is 6.19. The summed E-state index contributed by atoms with van der Waals surface area (Å²) in [6.07, 6.45) is 5.18. The van der Waals surface area contributed by atoms with Gasteiger partial charge in [0.15, 0.2) is 5.82 Å². The molecule has 0 aliphatic heterocycles. The molecule has 0 unspecified atom stereocenters. The smallest absolute Gasteiger partial charge is 0.315 e. The molecule has 0 atom stereocenters. The molecule has 8 heteroatoms. The van der Waals surface area contributed by atoms with Crippen LogP contribution in [0.25, 0.3) is 5.82 Å². The molecule has 2 amide bonds. The monoisotopic (exact) mass is 368 g/mol. The SMILES string of the molecule is CN(C)c1ccc(CNC(=O)NCc2ccc(-n3cccn3)nc2)cc1F. The molecule has 0 fully saturated rings. The first kappa shape index (κ1) is 18.4. The van der Waals surface area contributed by atoms with Crippen molar-refractivity contribution >= 4 is 11.7 Å². The van der Waals surface area contributed by atoms with Crippen molar-refractivity contribution in [3.8, 4) is 5.82 Å². The lowest BCUT2D eigenvalue weighted by Gasteiger charge is -2.14. The topological polar surface area (TPSA) is 75.1 Å². The number of carbonyl (C=O) groups excluding carboxylic acids is 1. The van der Waals surface area contributed by atoms with Crippen LogP contribution in [0, 0.1) is 5.82 Å². The summed E-state index contributed by atoms with van der Waals surface area (Å²) in [5.41, 5.74) is 2.06. The first-order valence-corrected chi connectivity index (χ1v) is 8.45. The van der Waals surface area contributed by atoms with E-state index in [2.05, 4.69) is 20.7 Å². The number of nitrogens with one attached hydrogen (secondary N) is 2. The molecule has 3 rings (SSSR count). The Hall–Kier alpha value is -3.42. The molecular formula is C19H21FN6O. The summed E-state index contributed by atoms with van der Waals surface area (Å²) in [7, 11) is 3.56. The van der Waals surface area contributed by atoms with Gasteiger partial charge in [0.25, 0.3) is 0 Å². The number of hydrogen-bond acceptors (Lipinski definition) is 4. The molecule has 0 aliphatic rings. The van der Waals surface area contributed by atoms with Crippen LogP contribution in [0.15, 0.2) is 55.0 Å². The molecule has 0 saturated heterocycles. The largest absolute Gasteiger partial charge is 0.375 e. The molecule has 0 saturated carbocycles. The fraction of sp³-hybridized carbons (Fsp3) is 0.211. The van der Waals surface area contributed by atoms with E-state index < -0.39 is 0 Å². The molecule has 2 heterocycles. The Balaban J connectivity index is 1.48. The zero-order chi connectivity index (χ0) is 19.2. The van der Waals surface area contributed by atoms with E-state index in [9.17, 15) is 9.18 Å².